The molecule has 0 saturated carbocycles. The van der Waals surface area contributed by atoms with Gasteiger partial charge in [-0.25, -0.2) is 9.59 Å². The summed E-state index contributed by atoms with van der Waals surface area (Å²) in [6.45, 7) is 5.15. The Hall–Kier alpha value is -2.50. The van der Waals surface area contributed by atoms with E-state index in [1.165, 1.54) is 11.1 Å². The fraction of sp³-hybridized carbons (Fsp3) is 0.474. The lowest BCUT2D eigenvalue weighted by Crippen LogP contribution is -2.48. The van der Waals surface area contributed by atoms with E-state index in [4.69, 9.17) is 0 Å². The molecule has 1 saturated heterocycles. The number of carbonyl (C=O) groups is 2. The molecule has 0 unspecified atom stereocenters. The first-order valence-corrected chi connectivity index (χ1v) is 9.00. The zero-order chi connectivity index (χ0) is 17.6. The summed E-state index contributed by atoms with van der Waals surface area (Å²) in [6, 6.07) is 10.1. The van der Waals surface area contributed by atoms with E-state index < -0.39 is 0 Å². The van der Waals surface area contributed by atoms with Crippen LogP contribution in [0.4, 0.5) is 9.59 Å². The molecule has 4 amide bonds. The zero-order valence-corrected chi connectivity index (χ0v) is 14.7. The fourth-order valence-electron chi connectivity index (χ4n) is 3.37. The molecule has 1 aromatic rings. The number of hydrogen-bond acceptors (Lipinski definition) is 2. The van der Waals surface area contributed by atoms with Crippen molar-refractivity contribution in [2.45, 2.75) is 25.8 Å². The quantitative estimate of drug-likeness (QED) is 0.885. The van der Waals surface area contributed by atoms with Crippen LogP contribution in [0, 0.1) is 0 Å². The van der Waals surface area contributed by atoms with Crippen LogP contribution in [0.3, 0.4) is 0 Å². The molecule has 1 atom stereocenters. The highest BCUT2D eigenvalue weighted by Crippen LogP contribution is 2.21. The predicted molar refractivity (Wildman–Crippen MR) is 98.2 cm³/mol. The Balaban J connectivity index is 1.52. The highest BCUT2D eigenvalue weighted by Gasteiger charge is 2.29. The minimum absolute atomic E-state index is 0.0289. The Labute approximate surface area is 148 Å². The number of nitrogens with one attached hydrogen (secondary N) is 2. The van der Waals surface area contributed by atoms with Gasteiger partial charge in [0, 0.05) is 38.8 Å². The van der Waals surface area contributed by atoms with Crippen LogP contribution in [0.1, 0.15) is 25.3 Å². The number of rotatable bonds is 3. The van der Waals surface area contributed by atoms with Gasteiger partial charge in [-0.1, -0.05) is 36.4 Å². The summed E-state index contributed by atoms with van der Waals surface area (Å²) in [5.41, 5.74) is 2.36. The van der Waals surface area contributed by atoms with E-state index in [-0.39, 0.29) is 18.1 Å². The molecular formula is C19H26N4O2. The average Bonchev–Trinajstić information content (AvgIpc) is 3.11. The van der Waals surface area contributed by atoms with E-state index in [1.807, 2.05) is 30.0 Å². The Bertz CT molecular complexity index is 644. The number of likely N-dealkylation sites (tertiary alicyclic amines) is 1. The van der Waals surface area contributed by atoms with E-state index in [2.05, 4.69) is 28.8 Å². The summed E-state index contributed by atoms with van der Waals surface area (Å²) >= 11 is 0. The van der Waals surface area contributed by atoms with Gasteiger partial charge in [-0.05, 0) is 30.9 Å². The van der Waals surface area contributed by atoms with Crippen LogP contribution >= 0.6 is 0 Å². The molecule has 25 heavy (non-hydrogen) atoms. The monoisotopic (exact) mass is 342 g/mol. The van der Waals surface area contributed by atoms with E-state index in [0.717, 1.165) is 19.4 Å². The molecule has 6 nitrogen and oxygen atoms in total. The molecular weight excluding hydrogens is 316 g/mol. The van der Waals surface area contributed by atoms with Crippen molar-refractivity contribution in [3.8, 4) is 0 Å². The van der Waals surface area contributed by atoms with Gasteiger partial charge in [0.25, 0.3) is 0 Å². The van der Waals surface area contributed by atoms with Gasteiger partial charge in [-0.2, -0.15) is 0 Å². The number of amides is 4. The first kappa shape index (κ1) is 17.3. The second kappa shape index (κ2) is 8.05. The molecule has 0 bridgehead atoms. The maximum Gasteiger partial charge on any atom is 0.317 e. The minimum Gasteiger partial charge on any atom is -0.338 e. The van der Waals surface area contributed by atoms with Crippen molar-refractivity contribution >= 4 is 17.6 Å². The number of hydrogen-bond donors (Lipinski definition) is 2. The summed E-state index contributed by atoms with van der Waals surface area (Å²) in [6.07, 6.45) is 3.89. The molecule has 0 aliphatic carbocycles. The molecule has 1 fully saturated rings. The van der Waals surface area contributed by atoms with Crippen molar-refractivity contribution in [1.82, 2.24) is 20.4 Å². The third-order valence-electron chi connectivity index (χ3n) is 4.71. The van der Waals surface area contributed by atoms with E-state index in [0.29, 0.717) is 26.2 Å². The van der Waals surface area contributed by atoms with Gasteiger partial charge in [0.1, 0.15) is 0 Å². The third-order valence-corrected chi connectivity index (χ3v) is 4.71. The van der Waals surface area contributed by atoms with Gasteiger partial charge in [-0.15, -0.1) is 0 Å². The van der Waals surface area contributed by atoms with Gasteiger partial charge < -0.3 is 20.4 Å². The molecule has 0 aromatic heterocycles. The first-order valence-electron chi connectivity index (χ1n) is 9.00. The van der Waals surface area contributed by atoms with Crippen LogP contribution < -0.4 is 10.6 Å². The van der Waals surface area contributed by atoms with Crippen LogP contribution in [-0.2, 0) is 0 Å². The summed E-state index contributed by atoms with van der Waals surface area (Å²) < 4.78 is 0. The summed E-state index contributed by atoms with van der Waals surface area (Å²) in [4.78, 5) is 28.1. The molecule has 1 aromatic carbocycles. The molecule has 2 aliphatic heterocycles. The van der Waals surface area contributed by atoms with Crippen molar-refractivity contribution in [1.29, 1.82) is 0 Å². The van der Waals surface area contributed by atoms with Crippen molar-refractivity contribution in [2.24, 2.45) is 0 Å². The normalized spacial score (nSPS) is 20.2. The third kappa shape index (κ3) is 4.32. The Morgan fingerprint density at radius 3 is 2.68 bits per heavy atom. The highest BCUT2D eigenvalue weighted by molar-refractivity contribution is 5.79. The van der Waals surface area contributed by atoms with Gasteiger partial charge in [0.2, 0.25) is 0 Å². The SMILES string of the molecule is CCNC(=O)N1CC[C@H](NC(=O)N2CCC=C(c3ccccc3)C2)C1. The number of urea groups is 2. The topological polar surface area (TPSA) is 64.7 Å². The molecule has 2 aliphatic rings. The van der Waals surface area contributed by atoms with E-state index in [1.54, 1.807) is 4.90 Å². The first-order chi connectivity index (χ1) is 12.2. The largest absolute Gasteiger partial charge is 0.338 e. The maximum absolute atomic E-state index is 12.6. The summed E-state index contributed by atoms with van der Waals surface area (Å²) in [5, 5.41) is 5.89. The zero-order valence-electron chi connectivity index (χ0n) is 14.7. The van der Waals surface area contributed by atoms with Crippen LogP contribution in [0.2, 0.25) is 0 Å². The fourth-order valence-corrected chi connectivity index (χ4v) is 3.37. The Morgan fingerprint density at radius 2 is 1.92 bits per heavy atom. The van der Waals surface area contributed by atoms with Crippen molar-refractivity contribution < 1.29 is 9.59 Å². The van der Waals surface area contributed by atoms with Crippen LogP contribution in [0.15, 0.2) is 36.4 Å². The molecule has 0 spiro atoms. The number of nitrogens with zero attached hydrogens (tertiary/aromatic N) is 2. The lowest BCUT2D eigenvalue weighted by molar-refractivity contribution is 0.196. The standard InChI is InChI=1S/C19H26N4O2/c1-2-20-18(24)23-12-10-17(14-23)21-19(25)22-11-6-9-16(13-22)15-7-4-3-5-8-15/h3-5,7-9,17H,2,6,10-14H2,1H3,(H,20,24)(H,21,25)/t17-/m0/s1. The maximum atomic E-state index is 12.6. The van der Waals surface area contributed by atoms with Crippen LogP contribution in [-0.4, -0.2) is 60.6 Å². The second-order valence-corrected chi connectivity index (χ2v) is 6.52. The molecule has 0 radical (unpaired) electrons. The highest BCUT2D eigenvalue weighted by atomic mass is 16.2. The van der Waals surface area contributed by atoms with Gasteiger partial charge in [0.15, 0.2) is 0 Å². The Morgan fingerprint density at radius 1 is 1.12 bits per heavy atom. The molecule has 2 heterocycles. The second-order valence-electron chi connectivity index (χ2n) is 6.52. The molecule has 6 heteroatoms. The summed E-state index contributed by atoms with van der Waals surface area (Å²) in [7, 11) is 0. The summed E-state index contributed by atoms with van der Waals surface area (Å²) in [5.74, 6) is 0. The van der Waals surface area contributed by atoms with E-state index in [9.17, 15) is 9.59 Å². The smallest absolute Gasteiger partial charge is 0.317 e. The molecule has 2 N–H and O–H groups in total. The molecule has 134 valence electrons. The number of carbonyl (C=O) groups excluding carboxylic acids is 2. The average molecular weight is 342 g/mol. The van der Waals surface area contributed by atoms with Crippen LogP contribution in [0.5, 0.6) is 0 Å². The van der Waals surface area contributed by atoms with Crippen molar-refractivity contribution in [3.05, 3.63) is 42.0 Å². The van der Waals surface area contributed by atoms with Crippen LogP contribution in [0.25, 0.3) is 5.57 Å². The Kier molecular flexibility index (Phi) is 5.58. The van der Waals surface area contributed by atoms with Gasteiger partial charge in [-0.3, -0.25) is 0 Å². The molecule has 3 rings (SSSR count). The van der Waals surface area contributed by atoms with Gasteiger partial charge in [0.05, 0.1) is 0 Å². The minimum atomic E-state index is -0.0495. The predicted octanol–water partition coefficient (Wildman–Crippen LogP) is 2.29. The van der Waals surface area contributed by atoms with Crippen molar-refractivity contribution in [2.75, 3.05) is 32.7 Å². The lowest BCUT2D eigenvalue weighted by atomic mass is 10.0. The number of benzene rings is 1. The van der Waals surface area contributed by atoms with Gasteiger partial charge >= 0.3 is 12.1 Å². The van der Waals surface area contributed by atoms with E-state index >= 15 is 0 Å². The van der Waals surface area contributed by atoms with Crippen molar-refractivity contribution in [3.63, 3.8) is 0 Å². The lowest BCUT2D eigenvalue weighted by Gasteiger charge is -2.29.